The fourth-order valence-electron chi connectivity index (χ4n) is 2.62. The lowest BCUT2D eigenvalue weighted by Gasteiger charge is -2.25. The van der Waals surface area contributed by atoms with E-state index in [1.54, 1.807) is 0 Å². The van der Waals surface area contributed by atoms with E-state index in [0.717, 1.165) is 13.1 Å². The van der Waals surface area contributed by atoms with Crippen molar-refractivity contribution in [3.63, 3.8) is 0 Å². The number of para-hydroxylation sites is 1. The summed E-state index contributed by atoms with van der Waals surface area (Å²) in [6.07, 6.45) is 0. The van der Waals surface area contributed by atoms with Crippen LogP contribution < -0.4 is 5.32 Å². The van der Waals surface area contributed by atoms with Gasteiger partial charge in [-0.3, -0.25) is 4.90 Å². The minimum atomic E-state index is 0.429. The number of rotatable bonds is 1. The second kappa shape index (κ2) is 4.83. The molecule has 18 heavy (non-hydrogen) atoms. The maximum absolute atomic E-state index is 3.56. The number of benzene rings is 2. The summed E-state index contributed by atoms with van der Waals surface area (Å²) in [5, 5.41) is 3.56. The highest BCUT2D eigenvalue weighted by Gasteiger charge is 2.21. The van der Waals surface area contributed by atoms with Gasteiger partial charge in [0.25, 0.3) is 0 Å². The summed E-state index contributed by atoms with van der Waals surface area (Å²) in [4.78, 5) is 2.41. The number of hydrogen-bond acceptors (Lipinski definition) is 2. The van der Waals surface area contributed by atoms with Crippen LogP contribution in [0.15, 0.2) is 54.6 Å². The monoisotopic (exact) mass is 238 g/mol. The minimum Gasteiger partial charge on any atom is -0.383 e. The predicted molar refractivity (Wildman–Crippen MR) is 75.6 cm³/mol. The van der Waals surface area contributed by atoms with E-state index in [-0.39, 0.29) is 0 Å². The Hall–Kier alpha value is -1.80. The van der Waals surface area contributed by atoms with Crippen molar-refractivity contribution in [2.24, 2.45) is 0 Å². The van der Waals surface area contributed by atoms with Gasteiger partial charge in [-0.1, -0.05) is 48.5 Å². The summed E-state index contributed by atoms with van der Waals surface area (Å²) in [6.45, 7) is 1.94. The summed E-state index contributed by atoms with van der Waals surface area (Å²) in [6, 6.07) is 19.7. The second-order valence-corrected chi connectivity index (χ2v) is 4.88. The first kappa shape index (κ1) is 11.3. The SMILES string of the molecule is CN1Cc2ccccc2NCC1c1ccccc1. The van der Waals surface area contributed by atoms with Gasteiger partial charge in [0, 0.05) is 18.8 Å². The lowest BCUT2D eigenvalue weighted by molar-refractivity contribution is 0.252. The fraction of sp³-hybridized carbons (Fsp3) is 0.250. The Morgan fingerprint density at radius 2 is 1.72 bits per heavy atom. The molecule has 1 heterocycles. The van der Waals surface area contributed by atoms with Gasteiger partial charge in [0.2, 0.25) is 0 Å². The van der Waals surface area contributed by atoms with Crippen LogP contribution in [0, 0.1) is 0 Å². The van der Waals surface area contributed by atoms with E-state index in [4.69, 9.17) is 0 Å². The molecule has 2 aromatic carbocycles. The molecule has 1 atom stereocenters. The van der Waals surface area contributed by atoms with Crippen LogP contribution in [0.25, 0.3) is 0 Å². The van der Waals surface area contributed by atoms with Crippen LogP contribution in [0.2, 0.25) is 0 Å². The third kappa shape index (κ3) is 2.12. The van der Waals surface area contributed by atoms with Gasteiger partial charge in [-0.15, -0.1) is 0 Å². The molecule has 0 bridgehead atoms. The van der Waals surface area contributed by atoms with E-state index in [2.05, 4.69) is 71.9 Å². The highest BCUT2D eigenvalue weighted by molar-refractivity contribution is 5.52. The zero-order chi connectivity index (χ0) is 12.4. The van der Waals surface area contributed by atoms with Gasteiger partial charge in [-0.25, -0.2) is 0 Å². The largest absolute Gasteiger partial charge is 0.383 e. The van der Waals surface area contributed by atoms with Crippen LogP contribution in [0.4, 0.5) is 5.69 Å². The average Bonchev–Trinajstić information content (AvgIpc) is 2.58. The van der Waals surface area contributed by atoms with Crippen molar-refractivity contribution >= 4 is 5.69 Å². The van der Waals surface area contributed by atoms with E-state index in [0.29, 0.717) is 6.04 Å². The standard InChI is InChI=1S/C16H18N2/c1-18-12-14-9-5-6-10-15(14)17-11-16(18)13-7-3-2-4-8-13/h2-10,16-17H,11-12H2,1H3. The first-order chi connectivity index (χ1) is 8.84. The predicted octanol–water partition coefficient (Wildman–Crippen LogP) is 3.29. The molecule has 0 aromatic heterocycles. The van der Waals surface area contributed by atoms with Crippen LogP contribution in [0.3, 0.4) is 0 Å². The molecular weight excluding hydrogens is 220 g/mol. The molecule has 92 valence electrons. The molecule has 0 saturated heterocycles. The summed E-state index contributed by atoms with van der Waals surface area (Å²) < 4.78 is 0. The van der Waals surface area contributed by atoms with Gasteiger partial charge >= 0.3 is 0 Å². The fourth-order valence-corrected chi connectivity index (χ4v) is 2.62. The number of fused-ring (bicyclic) bond motifs is 1. The second-order valence-electron chi connectivity index (χ2n) is 4.88. The van der Waals surface area contributed by atoms with Gasteiger partial charge in [0.15, 0.2) is 0 Å². The van der Waals surface area contributed by atoms with Crippen LogP contribution in [0.5, 0.6) is 0 Å². The van der Waals surface area contributed by atoms with Crippen molar-refractivity contribution in [1.29, 1.82) is 0 Å². The van der Waals surface area contributed by atoms with Crippen molar-refractivity contribution in [2.45, 2.75) is 12.6 Å². The summed E-state index contributed by atoms with van der Waals surface area (Å²) in [5.41, 5.74) is 4.02. The summed E-state index contributed by atoms with van der Waals surface area (Å²) in [7, 11) is 2.20. The van der Waals surface area contributed by atoms with Gasteiger partial charge in [-0.2, -0.15) is 0 Å². The van der Waals surface area contributed by atoms with Crippen LogP contribution in [-0.4, -0.2) is 18.5 Å². The minimum absolute atomic E-state index is 0.429. The molecule has 1 aliphatic rings. The third-order valence-corrected chi connectivity index (χ3v) is 3.64. The van der Waals surface area contributed by atoms with E-state index < -0.39 is 0 Å². The Bertz CT molecular complexity index is 522. The molecule has 0 spiro atoms. The molecule has 0 saturated carbocycles. The van der Waals surface area contributed by atoms with Crippen molar-refractivity contribution in [2.75, 3.05) is 18.9 Å². The van der Waals surface area contributed by atoms with Gasteiger partial charge in [0.05, 0.1) is 6.04 Å². The summed E-state index contributed by atoms with van der Waals surface area (Å²) >= 11 is 0. The van der Waals surface area contributed by atoms with Crippen LogP contribution >= 0.6 is 0 Å². The van der Waals surface area contributed by atoms with E-state index >= 15 is 0 Å². The molecule has 0 fully saturated rings. The lowest BCUT2D eigenvalue weighted by Crippen LogP contribution is -2.26. The van der Waals surface area contributed by atoms with E-state index in [1.807, 2.05) is 0 Å². The normalized spacial score (nSPS) is 19.7. The Kier molecular flexibility index (Phi) is 3.03. The maximum atomic E-state index is 3.56. The zero-order valence-electron chi connectivity index (χ0n) is 10.6. The highest BCUT2D eigenvalue weighted by atomic mass is 15.2. The third-order valence-electron chi connectivity index (χ3n) is 3.64. The number of likely N-dealkylation sites (N-methyl/N-ethyl adjacent to an activating group) is 1. The Morgan fingerprint density at radius 1 is 1.00 bits per heavy atom. The van der Waals surface area contributed by atoms with Gasteiger partial charge < -0.3 is 5.32 Å². The van der Waals surface area contributed by atoms with Gasteiger partial charge in [-0.05, 0) is 24.2 Å². The maximum Gasteiger partial charge on any atom is 0.0521 e. The van der Waals surface area contributed by atoms with Crippen molar-refractivity contribution in [1.82, 2.24) is 4.90 Å². The van der Waals surface area contributed by atoms with Crippen molar-refractivity contribution < 1.29 is 0 Å². The Morgan fingerprint density at radius 3 is 2.56 bits per heavy atom. The Balaban J connectivity index is 1.89. The highest BCUT2D eigenvalue weighted by Crippen LogP contribution is 2.28. The molecular formula is C16H18N2. The quantitative estimate of drug-likeness (QED) is 0.820. The van der Waals surface area contributed by atoms with Crippen LogP contribution in [-0.2, 0) is 6.54 Å². The number of hydrogen-bond donors (Lipinski definition) is 1. The molecule has 0 amide bonds. The molecule has 2 aromatic rings. The van der Waals surface area contributed by atoms with Crippen LogP contribution in [0.1, 0.15) is 17.2 Å². The molecule has 2 heteroatoms. The zero-order valence-corrected chi connectivity index (χ0v) is 10.6. The molecule has 1 N–H and O–H groups in total. The molecule has 0 aliphatic carbocycles. The van der Waals surface area contributed by atoms with Crippen molar-refractivity contribution in [3.8, 4) is 0 Å². The smallest absolute Gasteiger partial charge is 0.0521 e. The molecule has 1 aliphatic heterocycles. The van der Waals surface area contributed by atoms with Crippen molar-refractivity contribution in [3.05, 3.63) is 65.7 Å². The first-order valence-corrected chi connectivity index (χ1v) is 6.41. The average molecular weight is 238 g/mol. The molecule has 3 rings (SSSR count). The number of nitrogens with zero attached hydrogens (tertiary/aromatic N) is 1. The molecule has 0 radical (unpaired) electrons. The Labute approximate surface area is 108 Å². The number of nitrogens with one attached hydrogen (secondary N) is 1. The molecule has 1 unspecified atom stereocenters. The molecule has 2 nitrogen and oxygen atoms in total. The number of anilines is 1. The topological polar surface area (TPSA) is 15.3 Å². The summed E-state index contributed by atoms with van der Waals surface area (Å²) in [5.74, 6) is 0. The van der Waals surface area contributed by atoms with Gasteiger partial charge in [0.1, 0.15) is 0 Å². The van der Waals surface area contributed by atoms with E-state index in [1.165, 1.54) is 16.8 Å². The van der Waals surface area contributed by atoms with E-state index in [9.17, 15) is 0 Å². The lowest BCUT2D eigenvalue weighted by atomic mass is 10.1. The first-order valence-electron chi connectivity index (χ1n) is 6.41.